The van der Waals surface area contributed by atoms with Crippen LogP contribution in [0.15, 0.2) is 12.1 Å². The number of ether oxygens (including phenoxy) is 1. The van der Waals surface area contributed by atoms with Gasteiger partial charge >= 0.3 is 0 Å². The van der Waals surface area contributed by atoms with Crippen molar-refractivity contribution in [2.75, 3.05) is 18.5 Å². The Morgan fingerprint density at radius 2 is 1.88 bits per heavy atom. The van der Waals surface area contributed by atoms with E-state index in [9.17, 15) is 5.11 Å². The normalized spacial score (nSPS) is 20.9. The number of halogens is 2. The summed E-state index contributed by atoms with van der Waals surface area (Å²) in [5.41, 5.74) is 0.838. The van der Waals surface area contributed by atoms with Crippen LogP contribution in [0.2, 0.25) is 10.0 Å². The number of hydrogen-bond donors (Lipinski definition) is 2. The van der Waals surface area contributed by atoms with E-state index in [1.165, 1.54) is 0 Å². The number of phenolic OH excluding ortho intramolecular Hbond substituents is 1. The van der Waals surface area contributed by atoms with Gasteiger partial charge in [-0.2, -0.15) is 0 Å². The summed E-state index contributed by atoms with van der Waals surface area (Å²) in [6, 6.07) is 3.75. The molecule has 0 bridgehead atoms. The van der Waals surface area contributed by atoms with Crippen LogP contribution < -0.4 is 5.32 Å². The molecule has 1 aliphatic heterocycles. The molecule has 1 aliphatic rings. The van der Waals surface area contributed by atoms with Crippen LogP contribution in [0.1, 0.15) is 19.3 Å². The standard InChI is InChI=1S/C12H15Cl2NO2/c13-10-6-9(7-11(14)12(10)16)15-8-2-1-4-17-5-3-8/h6-8,15-16H,1-5H2. The van der Waals surface area contributed by atoms with Crippen molar-refractivity contribution in [2.45, 2.75) is 25.3 Å². The summed E-state index contributed by atoms with van der Waals surface area (Å²) in [6.45, 7) is 1.60. The van der Waals surface area contributed by atoms with Crippen LogP contribution in [0.25, 0.3) is 0 Å². The topological polar surface area (TPSA) is 41.5 Å². The molecule has 1 aromatic rings. The number of nitrogens with one attached hydrogen (secondary N) is 1. The van der Waals surface area contributed by atoms with E-state index in [-0.39, 0.29) is 15.8 Å². The summed E-state index contributed by atoms with van der Waals surface area (Å²) in [4.78, 5) is 0. The van der Waals surface area contributed by atoms with Crippen molar-refractivity contribution in [3.05, 3.63) is 22.2 Å². The van der Waals surface area contributed by atoms with Gasteiger partial charge in [0.2, 0.25) is 0 Å². The average Bonchev–Trinajstić information content (AvgIpc) is 2.54. The van der Waals surface area contributed by atoms with Crippen molar-refractivity contribution >= 4 is 28.9 Å². The van der Waals surface area contributed by atoms with Crippen LogP contribution in [-0.4, -0.2) is 24.4 Å². The minimum atomic E-state index is -0.0666. The lowest BCUT2D eigenvalue weighted by molar-refractivity contribution is 0.144. The molecule has 0 spiro atoms. The predicted octanol–water partition coefficient (Wildman–Crippen LogP) is 3.68. The van der Waals surface area contributed by atoms with Crippen LogP contribution in [-0.2, 0) is 4.74 Å². The summed E-state index contributed by atoms with van der Waals surface area (Å²) >= 11 is 11.7. The summed E-state index contributed by atoms with van der Waals surface area (Å²) in [7, 11) is 0. The Morgan fingerprint density at radius 3 is 2.59 bits per heavy atom. The Morgan fingerprint density at radius 1 is 1.18 bits per heavy atom. The molecule has 3 nitrogen and oxygen atoms in total. The van der Waals surface area contributed by atoms with Gasteiger partial charge in [-0.1, -0.05) is 23.2 Å². The fourth-order valence-electron chi connectivity index (χ4n) is 1.93. The van der Waals surface area contributed by atoms with Gasteiger partial charge in [0.25, 0.3) is 0 Å². The van der Waals surface area contributed by atoms with Crippen LogP contribution in [0.4, 0.5) is 5.69 Å². The summed E-state index contributed by atoms with van der Waals surface area (Å²) in [5, 5.41) is 13.4. The van der Waals surface area contributed by atoms with E-state index >= 15 is 0 Å². The van der Waals surface area contributed by atoms with Gasteiger partial charge < -0.3 is 15.2 Å². The molecule has 2 rings (SSSR count). The monoisotopic (exact) mass is 275 g/mol. The first-order valence-electron chi connectivity index (χ1n) is 5.69. The van der Waals surface area contributed by atoms with Crippen molar-refractivity contribution in [3.63, 3.8) is 0 Å². The lowest BCUT2D eigenvalue weighted by atomic mass is 10.1. The third-order valence-electron chi connectivity index (χ3n) is 2.84. The predicted molar refractivity (Wildman–Crippen MR) is 70.2 cm³/mol. The fraction of sp³-hybridized carbons (Fsp3) is 0.500. The second-order valence-electron chi connectivity index (χ2n) is 4.17. The molecule has 0 saturated carbocycles. The third-order valence-corrected chi connectivity index (χ3v) is 3.42. The first-order valence-corrected chi connectivity index (χ1v) is 6.44. The Balaban J connectivity index is 2.07. The second kappa shape index (κ2) is 5.80. The van der Waals surface area contributed by atoms with E-state index in [2.05, 4.69) is 5.32 Å². The van der Waals surface area contributed by atoms with Gasteiger partial charge in [0.15, 0.2) is 5.75 Å². The second-order valence-corrected chi connectivity index (χ2v) is 4.99. The highest BCUT2D eigenvalue weighted by Gasteiger charge is 2.13. The van der Waals surface area contributed by atoms with Gasteiger partial charge in [-0.25, -0.2) is 0 Å². The molecule has 1 atom stereocenters. The van der Waals surface area contributed by atoms with Gasteiger partial charge in [0, 0.05) is 24.9 Å². The Labute approximate surface area is 111 Å². The van der Waals surface area contributed by atoms with E-state index in [1.807, 2.05) is 0 Å². The Kier molecular flexibility index (Phi) is 4.37. The molecule has 94 valence electrons. The number of rotatable bonds is 2. The van der Waals surface area contributed by atoms with Gasteiger partial charge in [-0.15, -0.1) is 0 Å². The molecule has 0 amide bonds. The third kappa shape index (κ3) is 3.41. The molecule has 1 fully saturated rings. The molecule has 5 heteroatoms. The number of anilines is 1. The zero-order valence-corrected chi connectivity index (χ0v) is 10.9. The molecule has 17 heavy (non-hydrogen) atoms. The molecule has 1 unspecified atom stereocenters. The van der Waals surface area contributed by atoms with Crippen molar-refractivity contribution in [1.29, 1.82) is 0 Å². The number of hydrogen-bond acceptors (Lipinski definition) is 3. The lowest BCUT2D eigenvalue weighted by Crippen LogP contribution is -2.19. The van der Waals surface area contributed by atoms with Crippen molar-refractivity contribution in [3.8, 4) is 5.75 Å². The van der Waals surface area contributed by atoms with Crippen LogP contribution in [0, 0.1) is 0 Å². The van der Waals surface area contributed by atoms with Gasteiger partial charge in [0.05, 0.1) is 10.0 Å². The first-order chi connectivity index (χ1) is 8.16. The summed E-state index contributed by atoms with van der Waals surface area (Å²) in [6.07, 6.45) is 3.09. The molecule has 1 heterocycles. The maximum absolute atomic E-state index is 9.47. The van der Waals surface area contributed by atoms with E-state index in [4.69, 9.17) is 27.9 Å². The lowest BCUT2D eigenvalue weighted by Gasteiger charge is -2.17. The highest BCUT2D eigenvalue weighted by molar-refractivity contribution is 6.37. The Bertz CT molecular complexity index is 367. The smallest absolute Gasteiger partial charge is 0.152 e. The van der Waals surface area contributed by atoms with Crippen molar-refractivity contribution in [1.82, 2.24) is 0 Å². The minimum absolute atomic E-state index is 0.0666. The SMILES string of the molecule is Oc1c(Cl)cc(NC2CCCOCC2)cc1Cl. The number of phenols is 1. The summed E-state index contributed by atoms with van der Waals surface area (Å²) < 4.78 is 5.40. The van der Waals surface area contributed by atoms with E-state index in [0.29, 0.717) is 6.04 Å². The van der Waals surface area contributed by atoms with Gasteiger partial charge in [0.1, 0.15) is 0 Å². The van der Waals surface area contributed by atoms with Crippen LogP contribution in [0.5, 0.6) is 5.75 Å². The molecular weight excluding hydrogens is 261 g/mol. The molecule has 1 saturated heterocycles. The summed E-state index contributed by atoms with van der Waals surface area (Å²) in [5.74, 6) is -0.0666. The maximum atomic E-state index is 9.47. The zero-order chi connectivity index (χ0) is 12.3. The largest absolute Gasteiger partial charge is 0.505 e. The highest BCUT2D eigenvalue weighted by Crippen LogP contribution is 2.35. The van der Waals surface area contributed by atoms with Crippen molar-refractivity contribution < 1.29 is 9.84 Å². The average molecular weight is 276 g/mol. The highest BCUT2D eigenvalue weighted by atomic mass is 35.5. The molecule has 0 radical (unpaired) electrons. The van der Waals surface area contributed by atoms with Gasteiger partial charge in [-0.3, -0.25) is 0 Å². The van der Waals surface area contributed by atoms with Crippen LogP contribution >= 0.6 is 23.2 Å². The quantitative estimate of drug-likeness (QED) is 0.809. The minimum Gasteiger partial charge on any atom is -0.505 e. The molecule has 0 aliphatic carbocycles. The Hall–Kier alpha value is -0.640. The van der Waals surface area contributed by atoms with E-state index in [1.54, 1.807) is 12.1 Å². The first kappa shape index (κ1) is 12.8. The number of benzene rings is 1. The van der Waals surface area contributed by atoms with Crippen molar-refractivity contribution in [2.24, 2.45) is 0 Å². The molecule has 0 aromatic heterocycles. The molecule has 2 N–H and O–H groups in total. The zero-order valence-electron chi connectivity index (χ0n) is 9.38. The molecular formula is C12H15Cl2NO2. The van der Waals surface area contributed by atoms with E-state index in [0.717, 1.165) is 38.2 Å². The maximum Gasteiger partial charge on any atom is 0.152 e. The molecule has 1 aromatic carbocycles. The van der Waals surface area contributed by atoms with Crippen LogP contribution in [0.3, 0.4) is 0 Å². The number of aromatic hydroxyl groups is 1. The van der Waals surface area contributed by atoms with E-state index < -0.39 is 0 Å². The van der Waals surface area contributed by atoms with Gasteiger partial charge in [-0.05, 0) is 31.4 Å². The fourth-order valence-corrected chi connectivity index (χ4v) is 2.42.